The van der Waals surface area contributed by atoms with E-state index in [-0.39, 0.29) is 23.5 Å². The lowest BCUT2D eigenvalue weighted by Gasteiger charge is -2.47. The first-order valence-electron chi connectivity index (χ1n) is 15.4. The van der Waals surface area contributed by atoms with E-state index in [0.29, 0.717) is 32.0 Å². The van der Waals surface area contributed by atoms with Crippen LogP contribution in [0, 0.1) is 10.1 Å². The first-order chi connectivity index (χ1) is 21.1. The number of anilines is 3. The number of hydrogen-bond acceptors (Lipinski definition) is 11. The third-order valence-electron chi connectivity index (χ3n) is 7.45. The fraction of sp³-hybridized carbons (Fsp3) is 0.625. The van der Waals surface area contributed by atoms with Gasteiger partial charge in [0.15, 0.2) is 6.20 Å². The Morgan fingerprint density at radius 2 is 1.17 bits per heavy atom. The summed E-state index contributed by atoms with van der Waals surface area (Å²) in [6, 6.07) is 6.83. The maximum absolute atomic E-state index is 12.4. The lowest BCUT2D eigenvalue weighted by atomic mass is 9.99. The van der Waals surface area contributed by atoms with E-state index in [1.807, 2.05) is 75.3 Å². The van der Waals surface area contributed by atoms with Crippen LogP contribution in [0.2, 0.25) is 0 Å². The Morgan fingerprint density at radius 1 is 0.761 bits per heavy atom. The summed E-state index contributed by atoms with van der Waals surface area (Å²) in [5.41, 5.74) is 5.69. The Hall–Kier alpha value is -4.36. The predicted molar refractivity (Wildman–Crippen MR) is 178 cm³/mol. The highest BCUT2D eigenvalue weighted by atomic mass is 16.6. The SMILES string of the molecule is CC(C)(C)OC(=O)N1CCN(c2ccc(N)nc2)CC1(C)C.CC(C)(C)OC(=O)N1CCN(c2ccc([N+](=O)[O-])nc2)CC1(C)C. The van der Waals surface area contributed by atoms with Crippen molar-refractivity contribution < 1.29 is 24.0 Å². The molecule has 254 valence electrons. The van der Waals surface area contributed by atoms with Crippen LogP contribution in [-0.2, 0) is 9.47 Å². The van der Waals surface area contributed by atoms with E-state index in [1.54, 1.807) is 28.1 Å². The maximum atomic E-state index is 12.4. The highest BCUT2D eigenvalue weighted by Gasteiger charge is 2.40. The fourth-order valence-corrected chi connectivity index (χ4v) is 5.32. The second kappa shape index (κ2) is 13.6. The van der Waals surface area contributed by atoms with Crippen LogP contribution in [0.5, 0.6) is 0 Å². The van der Waals surface area contributed by atoms with Gasteiger partial charge in [0.25, 0.3) is 0 Å². The third-order valence-corrected chi connectivity index (χ3v) is 7.45. The Balaban J connectivity index is 0.000000251. The van der Waals surface area contributed by atoms with Gasteiger partial charge in [-0.15, -0.1) is 0 Å². The third kappa shape index (κ3) is 9.82. The molecule has 2 aliphatic heterocycles. The minimum atomic E-state index is -0.535. The van der Waals surface area contributed by atoms with Gasteiger partial charge < -0.3 is 35.1 Å². The summed E-state index contributed by atoms with van der Waals surface area (Å²) in [7, 11) is 0. The molecule has 2 aromatic heterocycles. The molecule has 4 heterocycles. The molecule has 46 heavy (non-hydrogen) atoms. The van der Waals surface area contributed by atoms with Gasteiger partial charge in [-0.05, 0) is 97.3 Å². The molecule has 14 nitrogen and oxygen atoms in total. The molecule has 2 fully saturated rings. The topological polar surface area (TPSA) is 160 Å². The molecule has 0 unspecified atom stereocenters. The summed E-state index contributed by atoms with van der Waals surface area (Å²) < 4.78 is 11.0. The smallest absolute Gasteiger partial charge is 0.410 e. The summed E-state index contributed by atoms with van der Waals surface area (Å²) in [5, 5.41) is 10.7. The summed E-state index contributed by atoms with van der Waals surface area (Å²) in [4.78, 5) is 50.7. The van der Waals surface area contributed by atoms with Crippen molar-refractivity contribution in [2.24, 2.45) is 0 Å². The fourth-order valence-electron chi connectivity index (χ4n) is 5.32. The minimum Gasteiger partial charge on any atom is -0.444 e. The van der Waals surface area contributed by atoms with Gasteiger partial charge in [0.2, 0.25) is 0 Å². The first-order valence-corrected chi connectivity index (χ1v) is 15.4. The lowest BCUT2D eigenvalue weighted by Crippen LogP contribution is -2.61. The molecule has 0 radical (unpaired) electrons. The number of nitrogens with zero attached hydrogens (tertiary/aromatic N) is 7. The second-order valence-electron chi connectivity index (χ2n) is 14.8. The van der Waals surface area contributed by atoms with E-state index < -0.39 is 21.7 Å². The Kier molecular flexibility index (Phi) is 10.6. The summed E-state index contributed by atoms with van der Waals surface area (Å²) in [6.07, 6.45) is 2.69. The van der Waals surface area contributed by atoms with Crippen LogP contribution in [0.1, 0.15) is 69.2 Å². The van der Waals surface area contributed by atoms with Gasteiger partial charge in [-0.25, -0.2) is 14.6 Å². The Morgan fingerprint density at radius 3 is 1.48 bits per heavy atom. The standard InChI is InChI=1S/C16H24N4O4.C16H26N4O2/c1-15(2,3)24-14(21)19-9-8-18(11-16(19,4)5)12-6-7-13(17-10-12)20(22)23;1-15(2,3)22-14(21)20-9-8-19(11-16(20,4)5)12-6-7-13(17)18-10-12/h6-7,10H,8-9,11H2,1-5H3;6-7,10H,8-9,11H2,1-5H3,(H2,17,18). The van der Waals surface area contributed by atoms with Gasteiger partial charge in [0.05, 0.1) is 28.6 Å². The van der Waals surface area contributed by atoms with Crippen LogP contribution in [0.25, 0.3) is 0 Å². The molecule has 0 bridgehead atoms. The van der Waals surface area contributed by atoms with E-state index in [9.17, 15) is 19.7 Å². The first kappa shape index (κ1) is 36.1. The normalized spacial score (nSPS) is 17.9. The van der Waals surface area contributed by atoms with Crippen LogP contribution in [-0.4, -0.2) is 98.4 Å². The second-order valence-corrected chi connectivity index (χ2v) is 14.8. The number of aromatic nitrogens is 2. The minimum absolute atomic E-state index is 0.176. The predicted octanol–water partition coefficient (Wildman–Crippen LogP) is 5.33. The molecule has 14 heteroatoms. The van der Waals surface area contributed by atoms with Gasteiger partial charge >= 0.3 is 18.0 Å². The molecule has 0 spiro atoms. The molecule has 4 rings (SSSR count). The zero-order valence-electron chi connectivity index (χ0n) is 28.9. The zero-order chi connectivity index (χ0) is 34.7. The van der Waals surface area contributed by atoms with Crippen molar-refractivity contribution >= 4 is 35.2 Å². The molecule has 0 saturated carbocycles. The summed E-state index contributed by atoms with van der Waals surface area (Å²) >= 11 is 0. The van der Waals surface area contributed by atoms with Crippen LogP contribution in [0.3, 0.4) is 0 Å². The molecule has 2 saturated heterocycles. The molecule has 2 N–H and O–H groups in total. The number of nitrogen functional groups attached to an aromatic ring is 1. The van der Waals surface area contributed by atoms with E-state index in [1.165, 1.54) is 12.3 Å². The Bertz CT molecular complexity index is 1370. The van der Waals surface area contributed by atoms with Crippen LogP contribution in [0.15, 0.2) is 36.7 Å². The highest BCUT2D eigenvalue weighted by molar-refractivity contribution is 5.70. The molecular formula is C32H50N8O6. The van der Waals surface area contributed by atoms with Crippen molar-refractivity contribution in [3.05, 3.63) is 46.8 Å². The number of pyridine rings is 2. The lowest BCUT2D eigenvalue weighted by molar-refractivity contribution is -0.389. The summed E-state index contributed by atoms with van der Waals surface area (Å²) in [6.45, 7) is 23.0. The van der Waals surface area contributed by atoms with Crippen molar-refractivity contribution in [2.45, 2.75) is 91.5 Å². The largest absolute Gasteiger partial charge is 0.444 e. The van der Waals surface area contributed by atoms with Crippen LogP contribution < -0.4 is 15.5 Å². The number of amides is 2. The average Bonchev–Trinajstić information content (AvgIpc) is 2.90. The molecule has 2 aliphatic rings. The number of piperazine rings is 2. The number of nitrogens with two attached hydrogens (primary N) is 1. The number of carbonyl (C=O) groups excluding carboxylic acids is 2. The van der Waals surface area contributed by atoms with E-state index in [4.69, 9.17) is 15.2 Å². The quantitative estimate of drug-likeness (QED) is 0.341. The van der Waals surface area contributed by atoms with Gasteiger partial charge in [-0.2, -0.15) is 0 Å². The average molecular weight is 643 g/mol. The number of ether oxygens (including phenoxy) is 2. The zero-order valence-corrected chi connectivity index (χ0v) is 28.9. The summed E-state index contributed by atoms with van der Waals surface area (Å²) in [5.74, 6) is 0.334. The van der Waals surface area contributed by atoms with E-state index in [2.05, 4.69) is 19.8 Å². The Labute approximate surface area is 272 Å². The monoisotopic (exact) mass is 642 g/mol. The van der Waals surface area contributed by atoms with Crippen molar-refractivity contribution in [3.63, 3.8) is 0 Å². The van der Waals surface area contributed by atoms with Gasteiger partial charge in [0, 0.05) is 45.3 Å². The molecule has 0 aliphatic carbocycles. The molecule has 2 amide bonds. The van der Waals surface area contributed by atoms with Crippen molar-refractivity contribution in [3.8, 4) is 0 Å². The van der Waals surface area contributed by atoms with Crippen molar-refractivity contribution in [1.29, 1.82) is 0 Å². The van der Waals surface area contributed by atoms with Crippen LogP contribution >= 0.6 is 0 Å². The maximum Gasteiger partial charge on any atom is 0.410 e. The van der Waals surface area contributed by atoms with Crippen molar-refractivity contribution in [2.75, 3.05) is 54.8 Å². The highest BCUT2D eigenvalue weighted by Crippen LogP contribution is 2.29. The van der Waals surface area contributed by atoms with E-state index >= 15 is 0 Å². The molecule has 2 aromatic rings. The van der Waals surface area contributed by atoms with E-state index in [0.717, 1.165) is 24.5 Å². The molecular weight excluding hydrogens is 592 g/mol. The number of hydrogen-bond donors (Lipinski definition) is 1. The molecule has 0 atom stereocenters. The van der Waals surface area contributed by atoms with Crippen molar-refractivity contribution in [1.82, 2.24) is 19.8 Å². The van der Waals surface area contributed by atoms with Crippen LogP contribution in [0.4, 0.5) is 32.6 Å². The number of carbonyl (C=O) groups is 2. The molecule has 0 aromatic carbocycles. The van der Waals surface area contributed by atoms with Gasteiger partial charge in [-0.3, -0.25) is 9.80 Å². The van der Waals surface area contributed by atoms with Gasteiger partial charge in [-0.1, -0.05) is 0 Å². The number of nitro groups is 1. The van der Waals surface area contributed by atoms with Gasteiger partial charge in [0.1, 0.15) is 17.0 Å². The number of rotatable bonds is 3.